The van der Waals surface area contributed by atoms with E-state index in [0.717, 1.165) is 4.90 Å². The number of carbonyl (C=O) groups is 1. The molecule has 1 N–H and O–H groups in total. The largest absolute Gasteiger partial charge is 0.497 e. The maximum atomic E-state index is 12.0. The quantitative estimate of drug-likeness (QED) is 0.837. The van der Waals surface area contributed by atoms with Gasteiger partial charge in [-0.1, -0.05) is 12.1 Å². The molecule has 0 saturated heterocycles. The zero-order valence-electron chi connectivity index (χ0n) is 14.0. The highest BCUT2D eigenvalue weighted by Crippen LogP contribution is 2.70. The summed E-state index contributed by atoms with van der Waals surface area (Å²) in [6, 6.07) is 16.3. The number of carboxylic acids is 1. The molecular weight excluding hydrogens is 352 g/mol. The predicted molar refractivity (Wildman–Crippen MR) is 98.9 cm³/mol. The van der Waals surface area contributed by atoms with Crippen LogP contribution in [-0.2, 0) is 4.79 Å². The Kier molecular flexibility index (Phi) is 4.96. The highest BCUT2D eigenvalue weighted by atomic mass is 32.3. The van der Waals surface area contributed by atoms with Gasteiger partial charge in [0.2, 0.25) is 0 Å². The molecule has 26 heavy (non-hydrogen) atoms. The molecule has 0 saturated carbocycles. The number of ether oxygens (including phenoxy) is 2. The zero-order valence-corrected chi connectivity index (χ0v) is 14.8. The Morgan fingerprint density at radius 2 is 1.96 bits per heavy atom. The summed E-state index contributed by atoms with van der Waals surface area (Å²) >= 11 is 0. The highest BCUT2D eigenvalue weighted by Gasteiger charge is 2.40. The molecule has 3 rings (SSSR count). The Balaban J connectivity index is 2.24. The molecule has 0 spiro atoms. The maximum Gasteiger partial charge on any atom is 0.343 e. The maximum absolute atomic E-state index is 12.0. The summed E-state index contributed by atoms with van der Waals surface area (Å²) in [4.78, 5) is 17.8. The first-order chi connectivity index (χ1) is 12.6. The van der Waals surface area contributed by atoms with Gasteiger partial charge in [0.25, 0.3) is 0 Å². The van der Waals surface area contributed by atoms with Crippen LogP contribution in [0.15, 0.2) is 74.4 Å². The normalized spacial score (nSPS) is 20.5. The Morgan fingerprint density at radius 1 is 1.23 bits per heavy atom. The minimum atomic E-state index is -2.26. The lowest BCUT2D eigenvalue weighted by atomic mass is 10.3. The first-order valence-corrected chi connectivity index (χ1v) is 9.36. The second-order valence-electron chi connectivity index (χ2n) is 5.28. The molecule has 1 aliphatic heterocycles. The third-order valence-electron chi connectivity index (χ3n) is 3.89. The number of benzene rings is 2. The molecule has 1 atom stereocenters. The van der Waals surface area contributed by atoms with Crippen LogP contribution in [0.2, 0.25) is 0 Å². The van der Waals surface area contributed by atoms with Crippen molar-refractivity contribution in [2.24, 2.45) is 4.99 Å². The SMILES string of the molecule is COc1ccc(S2(c3ccccc3OCC#N)C=NC=C2C(=O)O)cc1. The number of hydrogen-bond acceptors (Lipinski definition) is 5. The lowest BCUT2D eigenvalue weighted by Crippen LogP contribution is -2.12. The van der Waals surface area contributed by atoms with Gasteiger partial charge in [-0.3, -0.25) is 4.99 Å². The Bertz CT molecular complexity index is 931. The molecule has 0 amide bonds. The fraction of sp³-hybridized carbons (Fsp3) is 0.105. The highest BCUT2D eigenvalue weighted by molar-refractivity contribution is 8.47. The first kappa shape index (κ1) is 17.6. The summed E-state index contributed by atoms with van der Waals surface area (Å²) in [5.74, 6) is 0.108. The molecule has 0 radical (unpaired) electrons. The molecule has 2 aromatic carbocycles. The van der Waals surface area contributed by atoms with Crippen molar-refractivity contribution in [3.63, 3.8) is 0 Å². The third-order valence-corrected chi connectivity index (χ3v) is 7.35. The topological polar surface area (TPSA) is 91.9 Å². The van der Waals surface area contributed by atoms with Crippen LogP contribution in [0.1, 0.15) is 0 Å². The number of carboxylic acid groups (broad SMARTS) is 1. The average molecular weight is 368 g/mol. The van der Waals surface area contributed by atoms with Gasteiger partial charge in [0.1, 0.15) is 22.5 Å². The predicted octanol–water partition coefficient (Wildman–Crippen LogP) is 3.79. The molecule has 0 fully saturated rings. The summed E-state index contributed by atoms with van der Waals surface area (Å²) in [5, 5.41) is 18.6. The van der Waals surface area contributed by atoms with Crippen LogP contribution < -0.4 is 9.47 Å². The smallest absolute Gasteiger partial charge is 0.343 e. The fourth-order valence-electron chi connectivity index (χ4n) is 2.75. The number of hydrogen-bond donors (Lipinski definition) is 1. The van der Waals surface area contributed by atoms with Crippen LogP contribution in [0.25, 0.3) is 0 Å². The van der Waals surface area contributed by atoms with Crippen molar-refractivity contribution in [3.05, 3.63) is 59.6 Å². The average Bonchev–Trinajstić information content (AvgIpc) is 3.13. The van der Waals surface area contributed by atoms with E-state index in [-0.39, 0.29) is 11.5 Å². The van der Waals surface area contributed by atoms with Crippen LogP contribution in [0.4, 0.5) is 0 Å². The van der Waals surface area contributed by atoms with Gasteiger partial charge in [-0.2, -0.15) is 5.26 Å². The summed E-state index contributed by atoms with van der Waals surface area (Å²) in [6.07, 6.45) is 1.38. The van der Waals surface area contributed by atoms with E-state index in [2.05, 4.69) is 4.99 Å². The Morgan fingerprint density at radius 3 is 2.62 bits per heavy atom. The lowest BCUT2D eigenvalue weighted by molar-refractivity contribution is -0.131. The monoisotopic (exact) mass is 368 g/mol. The second kappa shape index (κ2) is 7.33. The van der Waals surface area contributed by atoms with Crippen LogP contribution >= 0.6 is 10.0 Å². The van der Waals surface area contributed by atoms with Crippen LogP contribution in [0, 0.1) is 11.3 Å². The van der Waals surface area contributed by atoms with Crippen molar-refractivity contribution in [2.75, 3.05) is 13.7 Å². The van der Waals surface area contributed by atoms with Gasteiger partial charge in [-0.05, 0) is 36.4 Å². The summed E-state index contributed by atoms with van der Waals surface area (Å²) in [7, 11) is -0.693. The Labute approximate surface area is 152 Å². The van der Waals surface area contributed by atoms with E-state index >= 15 is 0 Å². The van der Waals surface area contributed by atoms with Crippen LogP contribution in [-0.4, -0.2) is 30.3 Å². The summed E-state index contributed by atoms with van der Waals surface area (Å²) < 4.78 is 10.8. The number of aliphatic imine (C=N–C) groups is 1. The minimum Gasteiger partial charge on any atom is -0.497 e. The zero-order chi connectivity index (χ0) is 18.6. The molecule has 0 aliphatic carbocycles. The Hall–Kier alpha value is -3.24. The number of aliphatic carboxylic acids is 1. The summed E-state index contributed by atoms with van der Waals surface area (Å²) in [6.45, 7) is -0.127. The second-order valence-corrected chi connectivity index (χ2v) is 8.16. The molecule has 2 aromatic rings. The molecular formula is C19H16N2O4S. The molecule has 6 nitrogen and oxygen atoms in total. The van der Waals surface area contributed by atoms with Crippen molar-refractivity contribution >= 4 is 21.5 Å². The molecule has 0 bridgehead atoms. The van der Waals surface area contributed by atoms with E-state index < -0.39 is 16.0 Å². The first-order valence-electron chi connectivity index (χ1n) is 7.66. The molecule has 7 heteroatoms. The van der Waals surface area contributed by atoms with E-state index in [9.17, 15) is 9.90 Å². The van der Waals surface area contributed by atoms with E-state index in [1.54, 1.807) is 36.9 Å². The van der Waals surface area contributed by atoms with Crippen molar-refractivity contribution in [3.8, 4) is 17.6 Å². The van der Waals surface area contributed by atoms with Gasteiger partial charge in [0.05, 0.1) is 12.7 Å². The van der Waals surface area contributed by atoms with Crippen molar-refractivity contribution in [2.45, 2.75) is 9.79 Å². The molecule has 1 heterocycles. The van der Waals surface area contributed by atoms with E-state index in [1.165, 1.54) is 6.20 Å². The molecule has 0 aromatic heterocycles. The van der Waals surface area contributed by atoms with Gasteiger partial charge in [0, 0.05) is 16.0 Å². The molecule has 132 valence electrons. The van der Waals surface area contributed by atoms with Crippen LogP contribution in [0.3, 0.4) is 0 Å². The summed E-state index contributed by atoms with van der Waals surface area (Å²) in [5.41, 5.74) is 1.67. The number of nitriles is 1. The van der Waals surface area contributed by atoms with Crippen LogP contribution in [0.5, 0.6) is 11.5 Å². The van der Waals surface area contributed by atoms with E-state index in [1.807, 2.05) is 30.3 Å². The van der Waals surface area contributed by atoms with Gasteiger partial charge < -0.3 is 14.6 Å². The number of nitrogens with zero attached hydrogens (tertiary/aromatic N) is 2. The third kappa shape index (κ3) is 2.91. The van der Waals surface area contributed by atoms with Crippen molar-refractivity contribution in [1.29, 1.82) is 5.26 Å². The number of rotatable bonds is 6. The van der Waals surface area contributed by atoms with E-state index in [0.29, 0.717) is 16.4 Å². The standard InChI is InChI=1S/C19H16N2O4S/c1-24-14-6-8-15(9-7-14)26(13-21-12-18(26)19(22)23)17-5-3-2-4-16(17)25-11-10-20/h2-9,12-13H,11H2,1H3,(H,22,23). The van der Waals surface area contributed by atoms with Gasteiger partial charge in [-0.15, -0.1) is 10.0 Å². The van der Waals surface area contributed by atoms with Gasteiger partial charge in [-0.25, -0.2) is 4.79 Å². The van der Waals surface area contributed by atoms with Crippen molar-refractivity contribution < 1.29 is 19.4 Å². The lowest BCUT2D eigenvalue weighted by Gasteiger charge is -2.35. The van der Waals surface area contributed by atoms with Gasteiger partial charge in [0.15, 0.2) is 6.61 Å². The van der Waals surface area contributed by atoms with E-state index in [4.69, 9.17) is 14.7 Å². The van der Waals surface area contributed by atoms with Gasteiger partial charge >= 0.3 is 5.97 Å². The number of para-hydroxylation sites is 1. The minimum absolute atomic E-state index is 0.127. The molecule has 1 aliphatic rings. The van der Waals surface area contributed by atoms with Crippen molar-refractivity contribution in [1.82, 2.24) is 0 Å². The fourth-order valence-corrected chi connectivity index (χ4v) is 5.89. The molecule has 1 unspecified atom stereocenters. The number of methoxy groups -OCH3 is 1.